The monoisotopic (exact) mass is 239 g/mol. The van der Waals surface area contributed by atoms with Gasteiger partial charge in [-0.15, -0.1) is 0 Å². The lowest BCUT2D eigenvalue weighted by Crippen LogP contribution is -1.99. The predicted molar refractivity (Wildman–Crippen MR) is 68.8 cm³/mol. The molecule has 0 aliphatic carbocycles. The summed E-state index contributed by atoms with van der Waals surface area (Å²) in [7, 11) is 0. The van der Waals surface area contributed by atoms with Crippen LogP contribution in [0.4, 0.5) is 10.1 Å². The molecular formula is C15H10FNO. The van der Waals surface area contributed by atoms with Crippen molar-refractivity contribution >= 4 is 17.5 Å². The third kappa shape index (κ3) is 1.80. The van der Waals surface area contributed by atoms with Crippen molar-refractivity contribution in [2.75, 3.05) is 5.32 Å². The van der Waals surface area contributed by atoms with Crippen LogP contribution in [0.2, 0.25) is 0 Å². The first-order valence-electron chi connectivity index (χ1n) is 5.62. The average Bonchev–Trinajstić information content (AvgIpc) is 2.70. The second-order valence-electron chi connectivity index (χ2n) is 4.11. The second-order valence-corrected chi connectivity index (χ2v) is 4.11. The summed E-state index contributed by atoms with van der Waals surface area (Å²) < 4.78 is 12.8. The summed E-state index contributed by atoms with van der Waals surface area (Å²) >= 11 is 0. The lowest BCUT2D eigenvalue weighted by Gasteiger charge is -1.98. The summed E-state index contributed by atoms with van der Waals surface area (Å²) in [5.41, 5.74) is 2.80. The number of carbonyl (C=O) groups excluding carboxylic acids is 1. The minimum absolute atomic E-state index is 0.0325. The Labute approximate surface area is 104 Å². The Hall–Kier alpha value is -2.42. The molecule has 0 radical (unpaired) electrons. The molecule has 2 aromatic carbocycles. The quantitative estimate of drug-likeness (QED) is 0.772. The van der Waals surface area contributed by atoms with Crippen LogP contribution in [0, 0.1) is 5.82 Å². The van der Waals surface area contributed by atoms with E-state index in [4.69, 9.17) is 0 Å². The van der Waals surface area contributed by atoms with Crippen LogP contribution < -0.4 is 5.32 Å². The molecule has 0 unspecified atom stereocenters. The zero-order valence-electron chi connectivity index (χ0n) is 9.48. The number of Topliss-reactive ketones (excluding diaryl/α,β-unsaturated/α-hetero) is 1. The van der Waals surface area contributed by atoms with E-state index >= 15 is 0 Å². The molecule has 18 heavy (non-hydrogen) atoms. The molecule has 0 aromatic heterocycles. The van der Waals surface area contributed by atoms with Gasteiger partial charge < -0.3 is 5.32 Å². The van der Waals surface area contributed by atoms with Crippen LogP contribution in [0.25, 0.3) is 6.08 Å². The summed E-state index contributed by atoms with van der Waals surface area (Å²) in [4.78, 5) is 12.1. The van der Waals surface area contributed by atoms with E-state index in [1.54, 1.807) is 24.3 Å². The van der Waals surface area contributed by atoms with E-state index < -0.39 is 0 Å². The van der Waals surface area contributed by atoms with Gasteiger partial charge in [0.2, 0.25) is 5.78 Å². The first-order chi connectivity index (χ1) is 8.74. The van der Waals surface area contributed by atoms with Crippen molar-refractivity contribution in [3.8, 4) is 0 Å². The summed E-state index contributed by atoms with van der Waals surface area (Å²) in [6.45, 7) is 0. The molecule has 0 atom stereocenters. The van der Waals surface area contributed by atoms with Crippen LogP contribution in [0.1, 0.15) is 15.9 Å². The Balaban J connectivity index is 1.97. The molecule has 1 aliphatic heterocycles. The van der Waals surface area contributed by atoms with Gasteiger partial charge in [0, 0.05) is 11.3 Å². The number of ketones is 1. The number of carbonyl (C=O) groups is 1. The molecular weight excluding hydrogens is 229 g/mol. The number of hydrogen-bond donors (Lipinski definition) is 1. The highest BCUT2D eigenvalue weighted by Gasteiger charge is 2.23. The van der Waals surface area contributed by atoms with Crippen molar-refractivity contribution in [1.29, 1.82) is 0 Å². The maximum absolute atomic E-state index is 12.8. The maximum Gasteiger partial charge on any atom is 0.211 e. The SMILES string of the molecule is O=C1/C(=C/c2ccc(F)cc2)Nc2ccccc21. The summed E-state index contributed by atoms with van der Waals surface area (Å²) in [6.07, 6.45) is 1.72. The van der Waals surface area contributed by atoms with Crippen molar-refractivity contribution in [2.45, 2.75) is 0 Å². The predicted octanol–water partition coefficient (Wildman–Crippen LogP) is 3.48. The van der Waals surface area contributed by atoms with E-state index in [9.17, 15) is 9.18 Å². The first-order valence-corrected chi connectivity index (χ1v) is 5.62. The molecule has 0 saturated heterocycles. The van der Waals surface area contributed by atoms with Gasteiger partial charge in [0.1, 0.15) is 5.82 Å². The van der Waals surface area contributed by atoms with Crippen LogP contribution in [0.15, 0.2) is 54.2 Å². The van der Waals surface area contributed by atoms with Crippen molar-refractivity contribution in [2.24, 2.45) is 0 Å². The molecule has 1 heterocycles. The van der Waals surface area contributed by atoms with E-state index in [0.717, 1.165) is 11.3 Å². The Morgan fingerprint density at radius 2 is 1.72 bits per heavy atom. The fourth-order valence-corrected chi connectivity index (χ4v) is 1.96. The molecule has 0 fully saturated rings. The molecule has 2 aromatic rings. The molecule has 3 heteroatoms. The van der Waals surface area contributed by atoms with E-state index in [1.165, 1.54) is 12.1 Å². The molecule has 3 rings (SSSR count). The normalized spacial score (nSPS) is 15.6. The first kappa shape index (κ1) is 10.7. The Kier molecular flexibility index (Phi) is 2.45. The van der Waals surface area contributed by atoms with Crippen molar-refractivity contribution in [3.63, 3.8) is 0 Å². The van der Waals surface area contributed by atoms with Gasteiger partial charge in [-0.2, -0.15) is 0 Å². The summed E-state index contributed by atoms with van der Waals surface area (Å²) in [5, 5.41) is 3.07. The van der Waals surface area contributed by atoms with E-state index in [0.29, 0.717) is 11.3 Å². The van der Waals surface area contributed by atoms with Crippen LogP contribution >= 0.6 is 0 Å². The van der Waals surface area contributed by atoms with Crippen molar-refractivity contribution in [3.05, 3.63) is 71.2 Å². The smallest absolute Gasteiger partial charge is 0.211 e. The highest BCUT2D eigenvalue weighted by Crippen LogP contribution is 2.28. The van der Waals surface area contributed by atoms with Gasteiger partial charge in [0.15, 0.2) is 0 Å². The highest BCUT2D eigenvalue weighted by atomic mass is 19.1. The van der Waals surface area contributed by atoms with E-state index in [1.807, 2.05) is 18.2 Å². The van der Waals surface area contributed by atoms with Gasteiger partial charge >= 0.3 is 0 Å². The van der Waals surface area contributed by atoms with Crippen molar-refractivity contribution < 1.29 is 9.18 Å². The van der Waals surface area contributed by atoms with Crippen LogP contribution in [0.5, 0.6) is 0 Å². The Morgan fingerprint density at radius 3 is 2.44 bits per heavy atom. The van der Waals surface area contributed by atoms with Gasteiger partial charge in [0.05, 0.1) is 5.70 Å². The molecule has 2 nitrogen and oxygen atoms in total. The minimum Gasteiger partial charge on any atom is -0.352 e. The van der Waals surface area contributed by atoms with Crippen LogP contribution in [-0.2, 0) is 0 Å². The van der Waals surface area contributed by atoms with E-state index in [-0.39, 0.29) is 11.6 Å². The largest absolute Gasteiger partial charge is 0.352 e. The van der Waals surface area contributed by atoms with Crippen LogP contribution in [0.3, 0.4) is 0 Å². The van der Waals surface area contributed by atoms with Gasteiger partial charge in [-0.05, 0) is 35.9 Å². The number of anilines is 1. The second kappa shape index (κ2) is 4.11. The Morgan fingerprint density at radius 1 is 1.00 bits per heavy atom. The third-order valence-electron chi connectivity index (χ3n) is 2.87. The number of rotatable bonds is 1. The number of fused-ring (bicyclic) bond motifs is 1. The molecule has 0 saturated carbocycles. The number of hydrogen-bond acceptors (Lipinski definition) is 2. The molecule has 0 bridgehead atoms. The lowest BCUT2D eigenvalue weighted by molar-refractivity contribution is 0.104. The molecule has 0 amide bonds. The number of benzene rings is 2. The van der Waals surface area contributed by atoms with Gasteiger partial charge in [-0.3, -0.25) is 4.79 Å². The van der Waals surface area contributed by atoms with Gasteiger partial charge in [-0.1, -0.05) is 24.3 Å². The van der Waals surface area contributed by atoms with E-state index in [2.05, 4.69) is 5.32 Å². The average molecular weight is 239 g/mol. The third-order valence-corrected chi connectivity index (χ3v) is 2.87. The van der Waals surface area contributed by atoms with Crippen molar-refractivity contribution in [1.82, 2.24) is 0 Å². The topological polar surface area (TPSA) is 29.1 Å². The zero-order valence-corrected chi connectivity index (χ0v) is 9.48. The fraction of sp³-hybridized carbons (Fsp3) is 0. The van der Waals surface area contributed by atoms with Gasteiger partial charge in [0.25, 0.3) is 0 Å². The number of para-hydroxylation sites is 1. The van der Waals surface area contributed by atoms with Gasteiger partial charge in [-0.25, -0.2) is 4.39 Å². The summed E-state index contributed by atoms with van der Waals surface area (Å²) in [6, 6.07) is 13.4. The van der Waals surface area contributed by atoms with Crippen LogP contribution in [-0.4, -0.2) is 5.78 Å². The number of halogens is 1. The maximum atomic E-state index is 12.8. The molecule has 88 valence electrons. The number of allylic oxidation sites excluding steroid dienone is 1. The minimum atomic E-state index is -0.286. The Bertz CT molecular complexity index is 644. The lowest BCUT2D eigenvalue weighted by atomic mass is 10.1. The zero-order chi connectivity index (χ0) is 12.5. The highest BCUT2D eigenvalue weighted by molar-refractivity contribution is 6.20. The molecule has 1 N–H and O–H groups in total. The molecule has 0 spiro atoms. The fourth-order valence-electron chi connectivity index (χ4n) is 1.96. The standard InChI is InChI=1S/C15H10FNO/c16-11-7-5-10(6-8-11)9-14-15(18)12-3-1-2-4-13(12)17-14/h1-9,17H/b14-9-. The molecule has 1 aliphatic rings. The summed E-state index contributed by atoms with van der Waals surface area (Å²) in [5.74, 6) is -0.318. The number of nitrogens with one attached hydrogen (secondary N) is 1.